The van der Waals surface area contributed by atoms with Gasteiger partial charge in [0.25, 0.3) is 0 Å². The molecule has 0 aliphatic rings. The Balaban J connectivity index is 0.000000615. The van der Waals surface area contributed by atoms with Crippen LogP contribution in [0.25, 0.3) is 66.8 Å². The van der Waals surface area contributed by atoms with Crippen molar-refractivity contribution in [2.75, 3.05) is 0 Å². The van der Waals surface area contributed by atoms with Crippen LogP contribution >= 0.6 is 0 Å². The van der Waals surface area contributed by atoms with E-state index < -0.39 is 0 Å². The fraction of sp³-hybridized carbons (Fsp3) is 0. The normalized spacial score (nSPS) is 10.3. The Bertz CT molecular complexity index is 1710. The van der Waals surface area contributed by atoms with E-state index in [0.717, 1.165) is 0 Å². The molecule has 0 spiro atoms. The number of rotatable bonds is 6. The Morgan fingerprint density at radius 1 is 0.208 bits per heavy atom. The smallest absolute Gasteiger partial charge is 0 e. The molecule has 0 atom stereocenters. The Labute approximate surface area is 298 Å². The van der Waals surface area contributed by atoms with Crippen molar-refractivity contribution in [3.63, 3.8) is 0 Å². The van der Waals surface area contributed by atoms with E-state index >= 15 is 0 Å². The first kappa shape index (κ1) is 32.5. The molecule has 0 nitrogen and oxygen atoms in total. The zero-order valence-corrected chi connectivity index (χ0v) is 28.6. The van der Waals surface area contributed by atoms with Crippen LogP contribution in [0.5, 0.6) is 0 Å². The van der Waals surface area contributed by atoms with Crippen molar-refractivity contribution in [3.8, 4) is 66.8 Å². The van der Waals surface area contributed by atoms with Crippen molar-refractivity contribution in [1.29, 1.82) is 0 Å². The summed E-state index contributed by atoms with van der Waals surface area (Å²) >= 11 is 0. The van der Waals surface area contributed by atoms with Crippen LogP contribution in [0.4, 0.5) is 0 Å². The summed E-state index contributed by atoms with van der Waals surface area (Å²) in [6, 6.07) is 75.4. The van der Waals surface area contributed by atoms with Crippen LogP contribution in [0.1, 0.15) is 0 Å². The molecule has 0 saturated carbocycles. The van der Waals surface area contributed by atoms with Crippen molar-refractivity contribution in [1.82, 2.24) is 0 Å². The maximum absolute atomic E-state index is 2.25. The summed E-state index contributed by atoms with van der Waals surface area (Å²) in [4.78, 5) is 0. The van der Waals surface area contributed by atoms with Gasteiger partial charge in [0.2, 0.25) is 0 Å². The summed E-state index contributed by atoms with van der Waals surface area (Å²) in [5, 5.41) is 0. The van der Waals surface area contributed by atoms with Crippen LogP contribution in [0, 0.1) is 0 Å². The number of hydrogen-bond donors (Lipinski definition) is 0. The van der Waals surface area contributed by atoms with Gasteiger partial charge in [0, 0.05) is 21.1 Å². The first-order valence-electron chi connectivity index (χ1n) is 16.1. The van der Waals surface area contributed by atoms with Gasteiger partial charge in [0.1, 0.15) is 0 Å². The van der Waals surface area contributed by atoms with Gasteiger partial charge in [-0.15, -0.1) is 0 Å². The molecule has 0 saturated heterocycles. The maximum Gasteiger partial charge on any atom is 0 e. The van der Waals surface area contributed by atoms with E-state index in [1.54, 1.807) is 0 Å². The van der Waals surface area contributed by atoms with E-state index in [1.807, 2.05) is 30.3 Å². The molecule has 8 rings (SSSR count). The van der Waals surface area contributed by atoms with Crippen molar-refractivity contribution in [2.24, 2.45) is 0 Å². The molecule has 1 heteroatoms. The van der Waals surface area contributed by atoms with Gasteiger partial charge in [0.05, 0.1) is 0 Å². The average Bonchev–Trinajstić information content (AvgIpc) is 3.77. The van der Waals surface area contributed by atoms with Crippen LogP contribution in [-0.2, 0) is 21.1 Å². The second-order valence-electron chi connectivity index (χ2n) is 11.4. The Kier molecular flexibility index (Phi) is 10.8. The minimum absolute atomic E-state index is 0. The summed E-state index contributed by atoms with van der Waals surface area (Å²) < 4.78 is 0. The van der Waals surface area contributed by atoms with Gasteiger partial charge < -0.3 is 0 Å². The quantitative estimate of drug-likeness (QED) is 0.120. The van der Waals surface area contributed by atoms with Gasteiger partial charge in [-0.1, -0.05) is 182 Å². The van der Waals surface area contributed by atoms with E-state index in [2.05, 4.69) is 182 Å². The topological polar surface area (TPSA) is 0 Å². The van der Waals surface area contributed by atoms with Crippen molar-refractivity contribution < 1.29 is 21.1 Å². The molecule has 0 aliphatic carbocycles. The zero-order valence-electron chi connectivity index (χ0n) is 26.6. The zero-order chi connectivity index (χ0) is 31.7. The van der Waals surface area contributed by atoms with Crippen LogP contribution in [0.15, 0.2) is 212 Å². The standard InChI is InChI=1S/C42H30.C5H5.Mo/c1-7-19-31(20-8-1)37-38(32-21-9-2-10-22-32)40(34-25-13-4-14-26-34)42(36-29-17-6-18-30-36)41(35-27-15-5-16-28-35)39(37)33-23-11-3-12-24-33;1-2-4-5-3-1;/h1-30H;1-5H;/q;-1;. The fourth-order valence-corrected chi connectivity index (χ4v) is 6.43. The van der Waals surface area contributed by atoms with Crippen molar-refractivity contribution in [3.05, 3.63) is 212 Å². The molecule has 230 valence electrons. The molecule has 0 N–H and O–H groups in total. The molecule has 0 unspecified atom stereocenters. The largest absolute Gasteiger partial charge is 0.214 e. The molecule has 0 amide bonds. The van der Waals surface area contributed by atoms with Crippen molar-refractivity contribution in [2.45, 2.75) is 0 Å². The first-order valence-corrected chi connectivity index (χ1v) is 16.1. The Morgan fingerprint density at radius 3 is 0.500 bits per heavy atom. The second-order valence-corrected chi connectivity index (χ2v) is 11.4. The van der Waals surface area contributed by atoms with Crippen LogP contribution in [0.2, 0.25) is 0 Å². The third-order valence-electron chi connectivity index (χ3n) is 8.43. The Hall–Kier alpha value is -5.42. The van der Waals surface area contributed by atoms with Gasteiger partial charge in [-0.25, -0.2) is 12.1 Å². The predicted molar refractivity (Wildman–Crippen MR) is 201 cm³/mol. The molecule has 0 aromatic heterocycles. The third-order valence-corrected chi connectivity index (χ3v) is 8.43. The molecule has 8 aromatic rings. The average molecular weight is 696 g/mol. The molecule has 0 heterocycles. The van der Waals surface area contributed by atoms with E-state index in [1.165, 1.54) is 66.8 Å². The van der Waals surface area contributed by atoms with Gasteiger partial charge in [-0.05, 0) is 66.8 Å². The van der Waals surface area contributed by atoms with Crippen LogP contribution in [0.3, 0.4) is 0 Å². The maximum atomic E-state index is 2.25. The first-order chi connectivity index (χ1) is 23.4. The second kappa shape index (κ2) is 15.9. The number of benzene rings is 7. The van der Waals surface area contributed by atoms with E-state index in [4.69, 9.17) is 0 Å². The van der Waals surface area contributed by atoms with E-state index in [9.17, 15) is 0 Å². The van der Waals surface area contributed by atoms with Gasteiger partial charge >= 0.3 is 0 Å². The summed E-state index contributed by atoms with van der Waals surface area (Å²) in [5.41, 5.74) is 14.6. The molecular weight excluding hydrogens is 660 g/mol. The SMILES string of the molecule is [Mo].c1cc[cH-]c1.c1ccc(-c2c(-c3ccccc3)c(-c3ccccc3)c(-c3ccccc3)c(-c3ccccc3)c2-c2ccccc2)cc1. The summed E-state index contributed by atoms with van der Waals surface area (Å²) in [6.07, 6.45) is 0. The minimum Gasteiger partial charge on any atom is -0.214 e. The predicted octanol–water partition coefficient (Wildman–Crippen LogP) is 13.1. The van der Waals surface area contributed by atoms with E-state index in [0.29, 0.717) is 0 Å². The monoisotopic (exact) mass is 697 g/mol. The molecular formula is C47H35Mo-. The third kappa shape index (κ3) is 6.96. The minimum atomic E-state index is 0. The summed E-state index contributed by atoms with van der Waals surface area (Å²) in [6.45, 7) is 0. The van der Waals surface area contributed by atoms with Gasteiger partial charge in [-0.2, -0.15) is 18.2 Å². The van der Waals surface area contributed by atoms with Crippen LogP contribution in [-0.4, -0.2) is 0 Å². The van der Waals surface area contributed by atoms with Gasteiger partial charge in [-0.3, -0.25) is 0 Å². The number of hydrogen-bond acceptors (Lipinski definition) is 0. The molecule has 0 radical (unpaired) electrons. The molecule has 8 aromatic carbocycles. The van der Waals surface area contributed by atoms with Crippen molar-refractivity contribution >= 4 is 0 Å². The Morgan fingerprint density at radius 2 is 0.375 bits per heavy atom. The summed E-state index contributed by atoms with van der Waals surface area (Å²) in [7, 11) is 0. The van der Waals surface area contributed by atoms with E-state index in [-0.39, 0.29) is 21.1 Å². The molecule has 0 aliphatic heterocycles. The summed E-state index contributed by atoms with van der Waals surface area (Å²) in [5.74, 6) is 0. The molecule has 48 heavy (non-hydrogen) atoms. The van der Waals surface area contributed by atoms with Gasteiger partial charge in [0.15, 0.2) is 0 Å². The molecule has 0 bridgehead atoms. The van der Waals surface area contributed by atoms with Crippen LogP contribution < -0.4 is 0 Å². The molecule has 0 fully saturated rings. The fourth-order valence-electron chi connectivity index (χ4n) is 6.43.